The number of aryl methyl sites for hydroxylation is 2. The van der Waals surface area contributed by atoms with Crippen molar-refractivity contribution in [1.29, 1.82) is 0 Å². The lowest BCUT2D eigenvalue weighted by atomic mass is 10.1. The molecule has 0 bridgehead atoms. The third-order valence-corrected chi connectivity index (χ3v) is 4.23. The molecule has 3 rings (SSSR count). The Morgan fingerprint density at radius 1 is 1.26 bits per heavy atom. The van der Waals surface area contributed by atoms with Crippen LogP contribution in [0, 0.1) is 6.92 Å². The molecule has 3 aromatic rings. The summed E-state index contributed by atoms with van der Waals surface area (Å²) >= 11 is 0. The molecule has 1 amide bonds. The fraction of sp³-hybridized carbons (Fsp3) is 0.263. The number of aromatic nitrogens is 3. The maximum Gasteiger partial charge on any atom is 0.341 e. The highest BCUT2D eigenvalue weighted by molar-refractivity contribution is 6.05. The van der Waals surface area contributed by atoms with E-state index in [1.165, 1.54) is 6.20 Å². The van der Waals surface area contributed by atoms with Crippen molar-refractivity contribution in [3.05, 3.63) is 52.8 Å². The molecule has 0 atom stereocenters. The number of hydrogen-bond donors (Lipinski definition) is 2. The van der Waals surface area contributed by atoms with Gasteiger partial charge in [0.1, 0.15) is 5.56 Å². The Labute approximate surface area is 156 Å². The molecule has 0 spiro atoms. The molecule has 0 radical (unpaired) electrons. The highest BCUT2D eigenvalue weighted by Gasteiger charge is 2.20. The fourth-order valence-corrected chi connectivity index (χ4v) is 2.94. The van der Waals surface area contributed by atoms with Crippen LogP contribution in [0.25, 0.3) is 11.0 Å². The van der Waals surface area contributed by atoms with E-state index in [1.807, 2.05) is 19.1 Å². The Morgan fingerprint density at radius 2 is 1.96 bits per heavy atom. The van der Waals surface area contributed by atoms with Gasteiger partial charge in [-0.05, 0) is 31.5 Å². The lowest BCUT2D eigenvalue weighted by Crippen LogP contribution is -2.12. The second-order valence-electron chi connectivity index (χ2n) is 6.09. The van der Waals surface area contributed by atoms with Gasteiger partial charge in [0, 0.05) is 25.4 Å². The van der Waals surface area contributed by atoms with E-state index in [4.69, 9.17) is 10.5 Å². The van der Waals surface area contributed by atoms with Gasteiger partial charge in [0.05, 0.1) is 23.4 Å². The number of fused-ring (bicyclic) bond motifs is 1. The molecule has 0 aliphatic rings. The summed E-state index contributed by atoms with van der Waals surface area (Å²) in [5.74, 6) is -0.914. The average molecular weight is 367 g/mol. The number of carbonyl (C=O) groups excluding carboxylic acids is 2. The first kappa shape index (κ1) is 18.4. The van der Waals surface area contributed by atoms with Gasteiger partial charge in [0.15, 0.2) is 5.65 Å². The first-order valence-electron chi connectivity index (χ1n) is 8.54. The van der Waals surface area contributed by atoms with Crippen LogP contribution in [0.4, 0.5) is 5.69 Å². The van der Waals surface area contributed by atoms with Gasteiger partial charge in [0.25, 0.3) is 0 Å². The average Bonchev–Trinajstić information content (AvgIpc) is 2.94. The Kier molecular flexibility index (Phi) is 5.07. The number of primary amides is 1. The van der Waals surface area contributed by atoms with Crippen LogP contribution in [-0.4, -0.2) is 33.2 Å². The summed E-state index contributed by atoms with van der Waals surface area (Å²) in [5, 5.41) is 8.47. The van der Waals surface area contributed by atoms with E-state index in [2.05, 4.69) is 15.4 Å². The maximum absolute atomic E-state index is 12.4. The second-order valence-corrected chi connectivity index (χ2v) is 6.09. The van der Waals surface area contributed by atoms with Gasteiger partial charge in [-0.15, -0.1) is 0 Å². The number of nitrogens with one attached hydrogen (secondary N) is 1. The molecule has 2 heterocycles. The second kappa shape index (κ2) is 7.45. The number of nitrogens with two attached hydrogens (primary N) is 1. The number of rotatable bonds is 6. The summed E-state index contributed by atoms with van der Waals surface area (Å²) in [6, 6.07) is 6.96. The zero-order chi connectivity index (χ0) is 19.6. The Morgan fingerprint density at radius 3 is 2.59 bits per heavy atom. The molecule has 1 aromatic carbocycles. The van der Waals surface area contributed by atoms with Crippen LogP contribution in [0.3, 0.4) is 0 Å². The molecule has 8 nitrogen and oxygen atoms in total. The minimum Gasteiger partial charge on any atom is -0.462 e. The van der Waals surface area contributed by atoms with Crippen LogP contribution < -0.4 is 11.1 Å². The van der Waals surface area contributed by atoms with Gasteiger partial charge >= 0.3 is 5.97 Å². The first-order chi connectivity index (χ1) is 12.9. The van der Waals surface area contributed by atoms with Crippen LogP contribution in [-0.2, 0) is 18.3 Å². The van der Waals surface area contributed by atoms with E-state index < -0.39 is 11.9 Å². The molecule has 140 valence electrons. The van der Waals surface area contributed by atoms with Gasteiger partial charge in [-0.2, -0.15) is 5.10 Å². The molecule has 3 N–H and O–H groups in total. The number of esters is 1. The summed E-state index contributed by atoms with van der Waals surface area (Å²) in [6.45, 7) is 4.34. The predicted molar refractivity (Wildman–Crippen MR) is 101 cm³/mol. The van der Waals surface area contributed by atoms with E-state index in [-0.39, 0.29) is 6.61 Å². The molecule has 2 aromatic heterocycles. The van der Waals surface area contributed by atoms with Crippen LogP contribution >= 0.6 is 0 Å². The number of benzene rings is 1. The van der Waals surface area contributed by atoms with Crippen molar-refractivity contribution in [2.45, 2.75) is 20.4 Å². The Bertz CT molecular complexity index is 1010. The van der Waals surface area contributed by atoms with E-state index in [0.29, 0.717) is 29.0 Å². The third kappa shape index (κ3) is 3.59. The molecular formula is C19H21N5O3. The summed E-state index contributed by atoms with van der Waals surface area (Å²) in [7, 11) is 1.80. The van der Waals surface area contributed by atoms with Gasteiger partial charge in [0.2, 0.25) is 5.91 Å². The molecule has 27 heavy (non-hydrogen) atoms. The molecule has 8 heteroatoms. The summed E-state index contributed by atoms with van der Waals surface area (Å²) < 4.78 is 6.83. The normalized spacial score (nSPS) is 10.8. The van der Waals surface area contributed by atoms with E-state index in [9.17, 15) is 9.59 Å². The van der Waals surface area contributed by atoms with Gasteiger partial charge in [-0.3, -0.25) is 9.48 Å². The number of nitrogens with zero attached hydrogens (tertiary/aromatic N) is 3. The van der Waals surface area contributed by atoms with Crippen molar-refractivity contribution >= 4 is 28.6 Å². The fourth-order valence-electron chi connectivity index (χ4n) is 2.94. The molecule has 0 aliphatic heterocycles. The maximum atomic E-state index is 12.4. The van der Waals surface area contributed by atoms with Crippen LogP contribution in [0.2, 0.25) is 0 Å². The van der Waals surface area contributed by atoms with Gasteiger partial charge in [-0.25, -0.2) is 9.78 Å². The minimum atomic E-state index is -0.471. The largest absolute Gasteiger partial charge is 0.462 e. The number of amides is 1. The lowest BCUT2D eigenvalue weighted by Gasteiger charge is -2.13. The standard InChI is InChI=1S/C19H21N5O3/c1-4-27-19(26)14-10-22-18-15(11(2)23-24(18)3)16(14)21-9-12-5-7-13(8-6-12)17(20)25/h5-8,10H,4,9H2,1-3H3,(H2,20,25)(H,21,22). The number of anilines is 1. The summed E-state index contributed by atoms with van der Waals surface area (Å²) in [5.41, 5.74) is 9.06. The molecule has 0 saturated carbocycles. The van der Waals surface area contributed by atoms with Crippen molar-refractivity contribution in [1.82, 2.24) is 14.8 Å². The third-order valence-electron chi connectivity index (χ3n) is 4.23. The molecule has 0 unspecified atom stereocenters. The van der Waals surface area contributed by atoms with E-state index in [1.54, 1.807) is 30.8 Å². The first-order valence-corrected chi connectivity index (χ1v) is 8.54. The lowest BCUT2D eigenvalue weighted by molar-refractivity contribution is 0.0527. The van der Waals surface area contributed by atoms with Crippen molar-refractivity contribution in [3.8, 4) is 0 Å². The van der Waals surface area contributed by atoms with E-state index >= 15 is 0 Å². The van der Waals surface area contributed by atoms with Crippen LogP contribution in [0.1, 0.15) is 38.9 Å². The van der Waals surface area contributed by atoms with Crippen molar-refractivity contribution in [3.63, 3.8) is 0 Å². The quantitative estimate of drug-likeness (QED) is 0.646. The van der Waals surface area contributed by atoms with Gasteiger partial charge in [-0.1, -0.05) is 12.1 Å². The molecular weight excluding hydrogens is 346 g/mol. The van der Waals surface area contributed by atoms with Crippen molar-refractivity contribution < 1.29 is 14.3 Å². The highest BCUT2D eigenvalue weighted by Crippen LogP contribution is 2.29. The monoisotopic (exact) mass is 367 g/mol. The van der Waals surface area contributed by atoms with Crippen molar-refractivity contribution in [2.75, 3.05) is 11.9 Å². The van der Waals surface area contributed by atoms with Crippen LogP contribution in [0.15, 0.2) is 30.5 Å². The number of hydrogen-bond acceptors (Lipinski definition) is 6. The number of ether oxygens (including phenoxy) is 1. The van der Waals surface area contributed by atoms with E-state index in [0.717, 1.165) is 16.6 Å². The minimum absolute atomic E-state index is 0.275. The van der Waals surface area contributed by atoms with Crippen LogP contribution in [0.5, 0.6) is 0 Å². The SMILES string of the molecule is CCOC(=O)c1cnc2c(c(C)nn2C)c1NCc1ccc(C(N)=O)cc1. The van der Waals surface area contributed by atoms with Crippen molar-refractivity contribution in [2.24, 2.45) is 12.8 Å². The number of pyridine rings is 1. The Hall–Kier alpha value is -3.42. The zero-order valence-electron chi connectivity index (χ0n) is 15.4. The van der Waals surface area contributed by atoms with Gasteiger partial charge < -0.3 is 15.8 Å². The summed E-state index contributed by atoms with van der Waals surface area (Å²) in [6.07, 6.45) is 1.50. The number of carbonyl (C=O) groups is 2. The topological polar surface area (TPSA) is 112 Å². The highest BCUT2D eigenvalue weighted by atomic mass is 16.5. The zero-order valence-corrected chi connectivity index (χ0v) is 15.4. The molecule has 0 aliphatic carbocycles. The Balaban J connectivity index is 1.98. The smallest absolute Gasteiger partial charge is 0.341 e. The summed E-state index contributed by atoms with van der Waals surface area (Å²) in [4.78, 5) is 27.9. The molecule has 0 fully saturated rings. The predicted octanol–water partition coefficient (Wildman–Crippen LogP) is 2.16. The molecule has 0 saturated heterocycles.